The Hall–Kier alpha value is -3.08. The minimum atomic E-state index is -0.674. The number of hydrogen-bond donors (Lipinski definition) is 0. The van der Waals surface area contributed by atoms with Crippen molar-refractivity contribution in [2.24, 2.45) is 0 Å². The van der Waals surface area contributed by atoms with Gasteiger partial charge in [0.05, 0.1) is 36.0 Å². The van der Waals surface area contributed by atoms with Crippen LogP contribution >= 0.6 is 0 Å². The van der Waals surface area contributed by atoms with Gasteiger partial charge in [0, 0.05) is 18.5 Å². The lowest BCUT2D eigenvalue weighted by atomic mass is 9.82. The highest BCUT2D eigenvalue weighted by Crippen LogP contribution is 2.57. The highest BCUT2D eigenvalue weighted by Gasteiger charge is 2.52. The van der Waals surface area contributed by atoms with Crippen LogP contribution in [0.1, 0.15) is 49.8 Å². The van der Waals surface area contributed by atoms with Crippen molar-refractivity contribution >= 4 is 6.09 Å². The van der Waals surface area contributed by atoms with Crippen LogP contribution in [-0.4, -0.2) is 40.9 Å². The van der Waals surface area contributed by atoms with Gasteiger partial charge < -0.3 is 9.64 Å². The van der Waals surface area contributed by atoms with Crippen LogP contribution in [0.2, 0.25) is 0 Å². The Balaban J connectivity index is 1.67. The zero-order valence-corrected chi connectivity index (χ0v) is 16.7. The molecule has 4 rings (SSSR count). The van der Waals surface area contributed by atoms with Crippen LogP contribution in [0, 0.1) is 23.0 Å². The Morgan fingerprint density at radius 2 is 2.13 bits per heavy atom. The maximum atomic E-state index is 14.2. The van der Waals surface area contributed by atoms with E-state index >= 15 is 0 Å². The molecule has 1 fully saturated rings. The Bertz CT molecular complexity index is 1000. The fraction of sp³-hybridized carbons (Fsp3) is 0.455. The molecule has 0 N–H and O–H groups in total. The predicted octanol–water partition coefficient (Wildman–Crippen LogP) is 4.31. The summed E-state index contributed by atoms with van der Waals surface area (Å²) in [5.41, 5.74) is 1.36. The highest BCUT2D eigenvalue weighted by molar-refractivity contribution is 5.68. The summed E-state index contributed by atoms with van der Waals surface area (Å²) in [6.07, 6.45) is 2.31. The number of hydrogen-bond acceptors (Lipinski definition) is 5. The summed E-state index contributed by atoms with van der Waals surface area (Å²) in [6, 6.07) is 7.52. The van der Waals surface area contributed by atoms with Crippen LogP contribution < -0.4 is 0 Å². The summed E-state index contributed by atoms with van der Waals surface area (Å²) in [5.74, 6) is -1.14. The third-order valence-electron chi connectivity index (χ3n) is 6.11. The predicted molar refractivity (Wildman–Crippen MR) is 104 cm³/mol. The number of carbonyl (C=O) groups excluding carboxylic acids is 1. The van der Waals surface area contributed by atoms with Crippen molar-refractivity contribution < 1.29 is 18.3 Å². The second-order valence-corrected chi connectivity index (χ2v) is 7.88. The van der Waals surface area contributed by atoms with Gasteiger partial charge in [-0.15, -0.1) is 0 Å². The second-order valence-electron chi connectivity index (χ2n) is 7.88. The van der Waals surface area contributed by atoms with E-state index in [0.717, 1.165) is 30.5 Å². The first-order valence-electron chi connectivity index (χ1n) is 10.1. The van der Waals surface area contributed by atoms with Crippen molar-refractivity contribution in [1.82, 2.24) is 15.1 Å². The zero-order chi connectivity index (χ0) is 21.3. The van der Waals surface area contributed by atoms with Crippen LogP contribution in [0.15, 0.2) is 24.3 Å². The van der Waals surface area contributed by atoms with E-state index in [1.165, 1.54) is 18.2 Å². The summed E-state index contributed by atoms with van der Waals surface area (Å²) >= 11 is 0. The van der Waals surface area contributed by atoms with Gasteiger partial charge in [0.1, 0.15) is 11.6 Å². The van der Waals surface area contributed by atoms with Crippen LogP contribution in [-0.2, 0) is 10.2 Å². The molecule has 2 aliphatic carbocycles. The topological polar surface area (TPSA) is 79.1 Å². The molecule has 2 atom stereocenters. The average molecular weight is 412 g/mol. The van der Waals surface area contributed by atoms with Gasteiger partial charge in [-0.1, -0.05) is 6.07 Å². The molecule has 2 aliphatic rings. The largest absolute Gasteiger partial charge is 0.450 e. The van der Waals surface area contributed by atoms with Gasteiger partial charge in [0.2, 0.25) is 0 Å². The van der Waals surface area contributed by atoms with Gasteiger partial charge in [-0.2, -0.15) is 15.5 Å². The number of rotatable bonds is 6. The molecule has 30 heavy (non-hydrogen) atoms. The van der Waals surface area contributed by atoms with Gasteiger partial charge >= 0.3 is 6.09 Å². The molecule has 6 nitrogen and oxygen atoms in total. The molecule has 0 radical (unpaired) electrons. The monoisotopic (exact) mass is 412 g/mol. The summed E-state index contributed by atoms with van der Waals surface area (Å²) < 4.78 is 33.6. The maximum absolute atomic E-state index is 14.2. The Labute approximate surface area is 173 Å². The molecule has 1 aromatic carbocycles. The van der Waals surface area contributed by atoms with E-state index in [0.29, 0.717) is 6.54 Å². The molecule has 0 aliphatic heterocycles. The third-order valence-corrected chi connectivity index (χ3v) is 6.11. The van der Waals surface area contributed by atoms with Gasteiger partial charge in [-0.3, -0.25) is 0 Å². The summed E-state index contributed by atoms with van der Waals surface area (Å²) in [5, 5.41) is 17.5. The van der Waals surface area contributed by atoms with Crippen LogP contribution in [0.25, 0.3) is 11.3 Å². The first-order chi connectivity index (χ1) is 14.5. The van der Waals surface area contributed by atoms with Crippen molar-refractivity contribution in [1.29, 1.82) is 5.26 Å². The Kier molecular flexibility index (Phi) is 5.37. The molecular formula is C22H22F2N4O2. The summed E-state index contributed by atoms with van der Waals surface area (Å²) in [7, 11) is 0. The Morgan fingerprint density at radius 3 is 2.83 bits per heavy atom. The standard InChI is InChI=1S/C22H22F2N4O2/c1-2-30-21(29)28(10-4-9-25)13-22-8-7-14(12-22)15-11-18(26-27-20(15)22)19-16(23)5-3-6-17(19)24/h3,5-6,11,14H,2,4,7-8,10,12-13H2,1H3/t14-,22+/m1/s1. The molecule has 0 spiro atoms. The fourth-order valence-electron chi connectivity index (χ4n) is 4.82. The lowest BCUT2D eigenvalue weighted by Gasteiger charge is -2.33. The van der Waals surface area contributed by atoms with Crippen LogP contribution in [0.5, 0.6) is 0 Å². The quantitative estimate of drug-likeness (QED) is 0.706. The molecule has 0 saturated heterocycles. The first-order valence-corrected chi connectivity index (χ1v) is 10.1. The van der Waals surface area contributed by atoms with Crippen LogP contribution in [0.4, 0.5) is 13.6 Å². The number of amides is 1. The zero-order valence-electron chi connectivity index (χ0n) is 16.7. The van der Waals surface area contributed by atoms with E-state index in [9.17, 15) is 13.6 Å². The van der Waals surface area contributed by atoms with E-state index in [2.05, 4.69) is 16.3 Å². The van der Waals surface area contributed by atoms with Gasteiger partial charge in [0.15, 0.2) is 0 Å². The SMILES string of the molecule is CCOC(=O)N(CCC#N)C[C@]12CC[C@H](C1)c1cc(-c3c(F)cccc3F)nnc12. The number of benzene rings is 1. The van der Waals surface area contributed by atoms with E-state index in [4.69, 9.17) is 10.00 Å². The number of nitriles is 1. The molecular weight excluding hydrogens is 390 g/mol. The summed E-state index contributed by atoms with van der Waals surface area (Å²) in [4.78, 5) is 14.0. The number of aromatic nitrogens is 2. The molecule has 2 bridgehead atoms. The van der Waals surface area contributed by atoms with Gasteiger partial charge in [-0.25, -0.2) is 13.6 Å². The second kappa shape index (κ2) is 7.98. The third kappa shape index (κ3) is 3.38. The van der Waals surface area contributed by atoms with E-state index in [1.54, 1.807) is 17.9 Å². The van der Waals surface area contributed by atoms with Crippen molar-refractivity contribution in [3.8, 4) is 17.3 Å². The molecule has 8 heteroatoms. The number of nitrogens with zero attached hydrogens (tertiary/aromatic N) is 4. The molecule has 1 saturated carbocycles. The van der Waals surface area contributed by atoms with Crippen molar-refractivity contribution in [2.75, 3.05) is 19.7 Å². The molecule has 1 aromatic heterocycles. The fourth-order valence-corrected chi connectivity index (χ4v) is 4.82. The normalized spacial score (nSPS) is 21.2. The number of halogens is 2. The number of ether oxygens (including phenoxy) is 1. The highest BCUT2D eigenvalue weighted by atomic mass is 19.1. The van der Waals surface area contributed by atoms with Crippen molar-refractivity contribution in [3.63, 3.8) is 0 Å². The van der Waals surface area contributed by atoms with Crippen LogP contribution in [0.3, 0.4) is 0 Å². The Morgan fingerprint density at radius 1 is 1.37 bits per heavy atom. The van der Waals surface area contributed by atoms with Crippen molar-refractivity contribution in [2.45, 2.75) is 43.9 Å². The van der Waals surface area contributed by atoms with E-state index < -0.39 is 17.7 Å². The summed E-state index contributed by atoms with van der Waals surface area (Å²) in [6.45, 7) is 2.66. The molecule has 2 aromatic rings. The molecule has 0 unspecified atom stereocenters. The van der Waals surface area contributed by atoms with Crippen molar-refractivity contribution in [3.05, 3.63) is 47.2 Å². The number of carbonyl (C=O) groups is 1. The molecule has 1 heterocycles. The minimum Gasteiger partial charge on any atom is -0.450 e. The maximum Gasteiger partial charge on any atom is 0.409 e. The van der Waals surface area contributed by atoms with E-state index in [1.807, 2.05) is 0 Å². The lowest BCUT2D eigenvalue weighted by molar-refractivity contribution is 0.0975. The first kappa shape index (κ1) is 20.2. The lowest BCUT2D eigenvalue weighted by Crippen LogP contribution is -2.43. The smallest absolute Gasteiger partial charge is 0.409 e. The minimum absolute atomic E-state index is 0.174. The molecule has 156 valence electrons. The average Bonchev–Trinajstić information content (AvgIpc) is 3.28. The van der Waals surface area contributed by atoms with E-state index in [-0.39, 0.29) is 42.2 Å². The van der Waals surface area contributed by atoms with Gasteiger partial charge in [-0.05, 0) is 55.9 Å². The van der Waals surface area contributed by atoms with Gasteiger partial charge in [0.25, 0.3) is 0 Å². The molecule has 1 amide bonds. The number of fused-ring (bicyclic) bond motifs is 5.